The number of ether oxygens (including phenoxy) is 1. The fourth-order valence-corrected chi connectivity index (χ4v) is 1.93. The SMILES string of the molecule is COc1ccc([C@@H](C)[NH2+]Cc2ccc(C)o2)cc1. The molecule has 2 aromatic rings. The molecule has 18 heavy (non-hydrogen) atoms. The van der Waals surface area contributed by atoms with Crippen LogP contribution in [0.5, 0.6) is 5.75 Å². The number of methoxy groups -OCH3 is 1. The molecule has 0 radical (unpaired) electrons. The second kappa shape index (κ2) is 5.74. The van der Waals surface area contributed by atoms with Crippen LogP contribution in [-0.2, 0) is 6.54 Å². The number of rotatable bonds is 5. The summed E-state index contributed by atoms with van der Waals surface area (Å²) in [6.07, 6.45) is 0. The Labute approximate surface area is 108 Å². The van der Waals surface area contributed by atoms with Gasteiger partial charge in [0.25, 0.3) is 0 Å². The van der Waals surface area contributed by atoms with Gasteiger partial charge in [0.1, 0.15) is 24.1 Å². The Bertz CT molecular complexity index is 487. The monoisotopic (exact) mass is 246 g/mol. The molecule has 3 nitrogen and oxygen atoms in total. The fraction of sp³-hybridized carbons (Fsp3) is 0.333. The molecule has 96 valence electrons. The normalized spacial score (nSPS) is 12.4. The molecule has 1 aromatic heterocycles. The zero-order valence-electron chi connectivity index (χ0n) is 11.1. The molecule has 0 aliphatic heterocycles. The minimum atomic E-state index is 0.404. The van der Waals surface area contributed by atoms with Gasteiger partial charge in [0, 0.05) is 5.56 Å². The first kappa shape index (κ1) is 12.7. The predicted molar refractivity (Wildman–Crippen MR) is 70.5 cm³/mol. The lowest BCUT2D eigenvalue weighted by molar-refractivity contribution is -0.709. The Morgan fingerprint density at radius 1 is 1.17 bits per heavy atom. The summed E-state index contributed by atoms with van der Waals surface area (Å²) in [6, 6.07) is 12.6. The molecule has 0 aliphatic rings. The molecule has 0 spiro atoms. The lowest BCUT2D eigenvalue weighted by atomic mass is 10.1. The predicted octanol–water partition coefficient (Wildman–Crippen LogP) is 2.42. The summed E-state index contributed by atoms with van der Waals surface area (Å²) in [5, 5.41) is 2.26. The van der Waals surface area contributed by atoms with Crippen LogP contribution in [0, 0.1) is 6.92 Å². The summed E-state index contributed by atoms with van der Waals surface area (Å²) in [6.45, 7) is 5.02. The van der Waals surface area contributed by atoms with Gasteiger partial charge in [-0.25, -0.2) is 0 Å². The number of quaternary nitrogens is 1. The van der Waals surface area contributed by atoms with E-state index in [2.05, 4.69) is 24.4 Å². The Morgan fingerprint density at radius 3 is 2.44 bits per heavy atom. The highest BCUT2D eigenvalue weighted by molar-refractivity contribution is 5.27. The number of furan rings is 1. The van der Waals surface area contributed by atoms with Crippen LogP contribution in [0.15, 0.2) is 40.8 Å². The summed E-state index contributed by atoms with van der Waals surface area (Å²) >= 11 is 0. The quantitative estimate of drug-likeness (QED) is 0.880. The average molecular weight is 246 g/mol. The first-order valence-electron chi connectivity index (χ1n) is 6.21. The molecule has 0 bridgehead atoms. The van der Waals surface area contributed by atoms with Crippen molar-refractivity contribution >= 4 is 0 Å². The van der Waals surface area contributed by atoms with Gasteiger partial charge in [0.2, 0.25) is 0 Å². The van der Waals surface area contributed by atoms with E-state index in [9.17, 15) is 0 Å². The van der Waals surface area contributed by atoms with Gasteiger partial charge in [-0.2, -0.15) is 0 Å². The number of benzene rings is 1. The van der Waals surface area contributed by atoms with Crippen molar-refractivity contribution in [3.63, 3.8) is 0 Å². The molecule has 2 rings (SSSR count). The minimum absolute atomic E-state index is 0.404. The third-order valence-corrected chi connectivity index (χ3v) is 3.11. The summed E-state index contributed by atoms with van der Waals surface area (Å²) in [5.41, 5.74) is 1.29. The zero-order chi connectivity index (χ0) is 13.0. The van der Waals surface area contributed by atoms with Gasteiger partial charge >= 0.3 is 0 Å². The van der Waals surface area contributed by atoms with Crippen LogP contribution in [0.2, 0.25) is 0 Å². The van der Waals surface area contributed by atoms with E-state index in [0.29, 0.717) is 6.04 Å². The Hall–Kier alpha value is -1.74. The maximum absolute atomic E-state index is 5.56. The first-order chi connectivity index (χ1) is 8.69. The molecule has 3 heteroatoms. The van der Waals surface area contributed by atoms with E-state index in [1.165, 1.54) is 5.56 Å². The molecule has 2 N–H and O–H groups in total. The highest BCUT2D eigenvalue weighted by Crippen LogP contribution is 2.15. The zero-order valence-corrected chi connectivity index (χ0v) is 11.1. The molecule has 0 amide bonds. The lowest BCUT2D eigenvalue weighted by Crippen LogP contribution is -2.82. The molecule has 0 saturated heterocycles. The van der Waals surface area contributed by atoms with Gasteiger partial charge in [-0.15, -0.1) is 0 Å². The number of nitrogens with two attached hydrogens (primary N) is 1. The van der Waals surface area contributed by atoms with Crippen LogP contribution in [-0.4, -0.2) is 7.11 Å². The van der Waals surface area contributed by atoms with Gasteiger partial charge in [-0.05, 0) is 50.2 Å². The van der Waals surface area contributed by atoms with Gasteiger partial charge in [0.05, 0.1) is 7.11 Å². The molecule has 0 fully saturated rings. The smallest absolute Gasteiger partial charge is 0.158 e. The standard InChI is InChI=1S/C15H19NO2/c1-11-4-7-15(18-11)10-16-12(2)13-5-8-14(17-3)9-6-13/h4-9,12,16H,10H2,1-3H3/p+1/t12-/m1/s1. The fourth-order valence-electron chi connectivity index (χ4n) is 1.93. The third-order valence-electron chi connectivity index (χ3n) is 3.11. The second-order valence-electron chi connectivity index (χ2n) is 4.51. The van der Waals surface area contributed by atoms with Gasteiger partial charge < -0.3 is 14.5 Å². The van der Waals surface area contributed by atoms with Crippen LogP contribution in [0.3, 0.4) is 0 Å². The maximum atomic E-state index is 5.56. The van der Waals surface area contributed by atoms with Gasteiger partial charge in [-0.1, -0.05) is 0 Å². The topological polar surface area (TPSA) is 39.0 Å². The van der Waals surface area contributed by atoms with Gasteiger partial charge in [0.15, 0.2) is 5.76 Å². The van der Waals surface area contributed by atoms with Crippen LogP contribution >= 0.6 is 0 Å². The van der Waals surface area contributed by atoms with Crippen molar-refractivity contribution in [2.24, 2.45) is 0 Å². The minimum Gasteiger partial charge on any atom is -0.497 e. The third kappa shape index (κ3) is 3.14. The molecule has 0 saturated carbocycles. The van der Waals surface area contributed by atoms with Gasteiger partial charge in [-0.3, -0.25) is 0 Å². The molecular weight excluding hydrogens is 226 g/mol. The van der Waals surface area contributed by atoms with Crippen LogP contribution in [0.25, 0.3) is 0 Å². The van der Waals surface area contributed by atoms with E-state index in [-0.39, 0.29) is 0 Å². The van der Waals surface area contributed by atoms with Crippen LogP contribution < -0.4 is 10.1 Å². The highest BCUT2D eigenvalue weighted by atomic mass is 16.5. The maximum Gasteiger partial charge on any atom is 0.158 e. The van der Waals surface area contributed by atoms with E-state index < -0.39 is 0 Å². The van der Waals surface area contributed by atoms with E-state index in [1.807, 2.05) is 31.2 Å². The Kier molecular flexibility index (Phi) is 4.05. The first-order valence-corrected chi connectivity index (χ1v) is 6.21. The van der Waals surface area contributed by atoms with E-state index in [0.717, 1.165) is 23.8 Å². The van der Waals surface area contributed by atoms with Crippen molar-refractivity contribution in [1.29, 1.82) is 0 Å². The highest BCUT2D eigenvalue weighted by Gasteiger charge is 2.09. The number of aryl methyl sites for hydroxylation is 1. The van der Waals surface area contributed by atoms with E-state index in [4.69, 9.17) is 9.15 Å². The Balaban J connectivity index is 1.92. The number of hydrogen-bond acceptors (Lipinski definition) is 2. The van der Waals surface area contributed by atoms with Crippen molar-refractivity contribution in [1.82, 2.24) is 0 Å². The molecular formula is C15H20NO2+. The summed E-state index contributed by atoms with van der Waals surface area (Å²) in [4.78, 5) is 0. The van der Waals surface area contributed by atoms with Crippen molar-refractivity contribution < 1.29 is 14.5 Å². The second-order valence-corrected chi connectivity index (χ2v) is 4.51. The summed E-state index contributed by atoms with van der Waals surface area (Å²) in [5.74, 6) is 2.89. The van der Waals surface area contributed by atoms with Crippen molar-refractivity contribution in [2.75, 3.05) is 7.11 Å². The lowest BCUT2D eigenvalue weighted by Gasteiger charge is -2.10. The largest absolute Gasteiger partial charge is 0.497 e. The molecule has 1 atom stereocenters. The van der Waals surface area contributed by atoms with Crippen molar-refractivity contribution in [3.8, 4) is 5.75 Å². The van der Waals surface area contributed by atoms with Crippen LogP contribution in [0.1, 0.15) is 30.0 Å². The summed E-state index contributed by atoms with van der Waals surface area (Å²) in [7, 11) is 1.68. The van der Waals surface area contributed by atoms with Crippen LogP contribution in [0.4, 0.5) is 0 Å². The molecule has 0 aliphatic carbocycles. The Morgan fingerprint density at radius 2 is 1.89 bits per heavy atom. The molecule has 1 aromatic carbocycles. The molecule has 0 unspecified atom stereocenters. The average Bonchev–Trinajstić information content (AvgIpc) is 2.82. The van der Waals surface area contributed by atoms with Crippen molar-refractivity contribution in [3.05, 3.63) is 53.5 Å². The summed E-state index contributed by atoms with van der Waals surface area (Å²) < 4.78 is 10.7. The number of hydrogen-bond donors (Lipinski definition) is 1. The van der Waals surface area contributed by atoms with E-state index >= 15 is 0 Å². The van der Waals surface area contributed by atoms with Crippen molar-refractivity contribution in [2.45, 2.75) is 26.4 Å². The molecule has 1 heterocycles. The van der Waals surface area contributed by atoms with E-state index in [1.54, 1.807) is 7.11 Å².